The number of hydrogen-bond acceptors (Lipinski definition) is 2. The monoisotopic (exact) mass is 215 g/mol. The molecule has 0 saturated carbocycles. The third-order valence-electron chi connectivity index (χ3n) is 2.09. The Balaban J connectivity index is 2.37. The maximum Gasteiger partial charge on any atom is 0.127 e. The third kappa shape index (κ3) is 1.20. The molecule has 0 fully saturated rings. The van der Waals surface area contributed by atoms with E-state index in [1.165, 1.54) is 5.69 Å². The quantitative estimate of drug-likeness (QED) is 0.700. The summed E-state index contributed by atoms with van der Waals surface area (Å²) < 4.78 is 3.11. The number of rotatable bonds is 0. The Morgan fingerprint density at radius 3 is 3.36 bits per heavy atom. The molecule has 1 aliphatic heterocycles. The minimum atomic E-state index is 0.315. The van der Waals surface area contributed by atoms with Crippen molar-refractivity contribution in [1.29, 1.82) is 0 Å². The van der Waals surface area contributed by atoms with E-state index in [-0.39, 0.29) is 0 Å². The molecule has 1 aromatic rings. The van der Waals surface area contributed by atoms with Gasteiger partial charge >= 0.3 is 0 Å². The molecule has 1 aliphatic rings. The molecule has 2 rings (SSSR count). The van der Waals surface area contributed by atoms with Crippen LogP contribution in [0.25, 0.3) is 0 Å². The highest BCUT2D eigenvalue weighted by molar-refractivity contribution is 9.10. The van der Waals surface area contributed by atoms with Crippen molar-refractivity contribution in [2.24, 2.45) is 5.73 Å². The lowest BCUT2D eigenvalue weighted by molar-refractivity contribution is 0.470. The van der Waals surface area contributed by atoms with Gasteiger partial charge in [0.05, 0.1) is 12.0 Å². The molecule has 1 unspecified atom stereocenters. The van der Waals surface area contributed by atoms with Crippen LogP contribution >= 0.6 is 15.9 Å². The first-order valence-corrected chi connectivity index (χ1v) is 4.52. The number of nitrogens with two attached hydrogens (primary N) is 1. The van der Waals surface area contributed by atoms with Crippen LogP contribution < -0.4 is 5.73 Å². The summed E-state index contributed by atoms with van der Waals surface area (Å²) in [4.78, 5) is 4.16. The van der Waals surface area contributed by atoms with E-state index in [0.29, 0.717) is 6.04 Å². The molecule has 0 radical (unpaired) electrons. The average Bonchev–Trinajstić information content (AvgIpc) is 2.33. The van der Waals surface area contributed by atoms with E-state index < -0.39 is 0 Å². The molecule has 2 heterocycles. The summed E-state index contributed by atoms with van der Waals surface area (Å²) in [6, 6.07) is 0.315. The molecule has 4 heteroatoms. The number of nitrogens with zero attached hydrogens (tertiary/aromatic N) is 2. The van der Waals surface area contributed by atoms with E-state index in [2.05, 4.69) is 25.5 Å². The predicted molar refractivity (Wildman–Crippen MR) is 46.2 cm³/mol. The van der Waals surface area contributed by atoms with Crippen LogP contribution in [-0.4, -0.2) is 15.6 Å². The topological polar surface area (TPSA) is 43.8 Å². The van der Waals surface area contributed by atoms with Gasteiger partial charge in [-0.05, 0) is 22.4 Å². The Hall–Kier alpha value is -0.350. The van der Waals surface area contributed by atoms with Gasteiger partial charge in [0.25, 0.3) is 0 Å². The van der Waals surface area contributed by atoms with Crippen molar-refractivity contribution < 1.29 is 0 Å². The van der Waals surface area contributed by atoms with Crippen molar-refractivity contribution in [3.05, 3.63) is 16.6 Å². The number of aromatic nitrogens is 2. The van der Waals surface area contributed by atoms with Crippen LogP contribution in [0.5, 0.6) is 0 Å². The van der Waals surface area contributed by atoms with Gasteiger partial charge in [0, 0.05) is 19.0 Å². The molecule has 0 aliphatic carbocycles. The summed E-state index contributed by atoms with van der Waals surface area (Å²) in [6.45, 7) is 1.01. The van der Waals surface area contributed by atoms with Crippen molar-refractivity contribution in [3.63, 3.8) is 0 Å². The first-order chi connectivity index (χ1) is 5.27. The SMILES string of the molecule is NC1CCn2cnc(Br)c2C1. The second-order valence-electron chi connectivity index (χ2n) is 2.93. The molecule has 3 nitrogen and oxygen atoms in total. The summed E-state index contributed by atoms with van der Waals surface area (Å²) in [7, 11) is 0. The highest BCUT2D eigenvalue weighted by atomic mass is 79.9. The minimum Gasteiger partial charge on any atom is -0.333 e. The Morgan fingerprint density at radius 1 is 1.73 bits per heavy atom. The van der Waals surface area contributed by atoms with E-state index in [1.807, 2.05) is 6.33 Å². The fourth-order valence-corrected chi connectivity index (χ4v) is 1.91. The molecular formula is C7H10BrN3. The Kier molecular flexibility index (Phi) is 1.73. The van der Waals surface area contributed by atoms with E-state index in [0.717, 1.165) is 24.0 Å². The normalized spacial score (nSPS) is 23.3. The number of fused-ring (bicyclic) bond motifs is 1. The van der Waals surface area contributed by atoms with Gasteiger partial charge in [-0.1, -0.05) is 0 Å². The zero-order valence-electron chi connectivity index (χ0n) is 6.13. The molecule has 0 bridgehead atoms. The van der Waals surface area contributed by atoms with Crippen LogP contribution in [0.2, 0.25) is 0 Å². The molecule has 11 heavy (non-hydrogen) atoms. The third-order valence-corrected chi connectivity index (χ3v) is 2.75. The predicted octanol–water partition coefficient (Wildman–Crippen LogP) is 0.919. The average molecular weight is 216 g/mol. The van der Waals surface area contributed by atoms with Crippen LogP contribution in [-0.2, 0) is 13.0 Å². The summed E-state index contributed by atoms with van der Waals surface area (Å²) in [5.41, 5.74) is 7.06. The highest BCUT2D eigenvalue weighted by Gasteiger charge is 2.17. The van der Waals surface area contributed by atoms with Crippen molar-refractivity contribution in [1.82, 2.24) is 9.55 Å². The van der Waals surface area contributed by atoms with Gasteiger partial charge in [0.15, 0.2) is 0 Å². The van der Waals surface area contributed by atoms with Crippen molar-refractivity contribution in [2.45, 2.75) is 25.4 Å². The molecule has 60 valence electrons. The first kappa shape index (κ1) is 7.31. The van der Waals surface area contributed by atoms with Gasteiger partial charge in [0.2, 0.25) is 0 Å². The van der Waals surface area contributed by atoms with E-state index in [4.69, 9.17) is 5.73 Å². The lowest BCUT2D eigenvalue weighted by Crippen LogP contribution is -2.30. The molecule has 0 saturated heterocycles. The summed E-state index contributed by atoms with van der Waals surface area (Å²) in [5.74, 6) is 0. The largest absolute Gasteiger partial charge is 0.333 e. The van der Waals surface area contributed by atoms with Gasteiger partial charge in [-0.15, -0.1) is 0 Å². The van der Waals surface area contributed by atoms with Crippen LogP contribution in [0, 0.1) is 0 Å². The van der Waals surface area contributed by atoms with Crippen LogP contribution in [0.1, 0.15) is 12.1 Å². The maximum atomic E-state index is 5.82. The molecule has 0 aromatic carbocycles. The standard InChI is InChI=1S/C7H10BrN3/c8-7-6-3-5(9)1-2-11(6)4-10-7/h4-5H,1-3,9H2. The van der Waals surface area contributed by atoms with E-state index in [9.17, 15) is 0 Å². The first-order valence-electron chi connectivity index (χ1n) is 3.72. The molecule has 1 atom stereocenters. The lowest BCUT2D eigenvalue weighted by atomic mass is 10.1. The highest BCUT2D eigenvalue weighted by Crippen LogP contribution is 2.20. The van der Waals surface area contributed by atoms with Gasteiger partial charge in [-0.2, -0.15) is 0 Å². The zero-order chi connectivity index (χ0) is 7.84. The zero-order valence-corrected chi connectivity index (χ0v) is 7.71. The summed E-state index contributed by atoms with van der Waals surface area (Å²) in [5, 5.41) is 0. The molecule has 0 spiro atoms. The van der Waals surface area contributed by atoms with Gasteiger partial charge in [-0.3, -0.25) is 0 Å². The second kappa shape index (κ2) is 2.60. The van der Waals surface area contributed by atoms with Crippen molar-refractivity contribution >= 4 is 15.9 Å². The Bertz CT molecular complexity index is 269. The van der Waals surface area contributed by atoms with Crippen LogP contribution in [0.3, 0.4) is 0 Å². The molecular weight excluding hydrogens is 206 g/mol. The van der Waals surface area contributed by atoms with Crippen molar-refractivity contribution in [2.75, 3.05) is 0 Å². The number of aryl methyl sites for hydroxylation is 1. The molecule has 2 N–H and O–H groups in total. The fourth-order valence-electron chi connectivity index (χ4n) is 1.43. The second-order valence-corrected chi connectivity index (χ2v) is 3.68. The smallest absolute Gasteiger partial charge is 0.127 e. The molecule has 0 amide bonds. The van der Waals surface area contributed by atoms with Crippen LogP contribution in [0.4, 0.5) is 0 Å². The van der Waals surface area contributed by atoms with E-state index >= 15 is 0 Å². The maximum absolute atomic E-state index is 5.82. The van der Waals surface area contributed by atoms with E-state index in [1.54, 1.807) is 0 Å². The fraction of sp³-hybridized carbons (Fsp3) is 0.571. The van der Waals surface area contributed by atoms with Crippen molar-refractivity contribution in [3.8, 4) is 0 Å². The number of hydrogen-bond donors (Lipinski definition) is 1. The van der Waals surface area contributed by atoms with Gasteiger partial charge in [-0.25, -0.2) is 4.98 Å². The number of imidazole rings is 1. The van der Waals surface area contributed by atoms with Gasteiger partial charge in [0.1, 0.15) is 4.60 Å². The van der Waals surface area contributed by atoms with Gasteiger partial charge < -0.3 is 10.3 Å². The van der Waals surface area contributed by atoms with Crippen LogP contribution in [0.15, 0.2) is 10.9 Å². The summed E-state index contributed by atoms with van der Waals surface area (Å²) in [6.07, 6.45) is 3.88. The Labute approximate surface area is 73.7 Å². The molecule has 1 aromatic heterocycles. The Morgan fingerprint density at radius 2 is 2.55 bits per heavy atom. The minimum absolute atomic E-state index is 0.315. The lowest BCUT2D eigenvalue weighted by Gasteiger charge is -2.20. The number of halogens is 1. The summed E-state index contributed by atoms with van der Waals surface area (Å²) >= 11 is 3.39.